The molecule has 0 spiro atoms. The molecule has 2 rings (SSSR count). The second kappa shape index (κ2) is 10.2. The van der Waals surface area contributed by atoms with Crippen LogP contribution in [-0.2, 0) is 31.0 Å². The lowest BCUT2D eigenvalue weighted by atomic mass is 9.97. The van der Waals surface area contributed by atoms with Gasteiger partial charge >= 0.3 is 7.60 Å². The number of hydrogen-bond acceptors (Lipinski definition) is 5. The van der Waals surface area contributed by atoms with E-state index in [1.54, 1.807) is 26.0 Å². The van der Waals surface area contributed by atoms with Crippen molar-refractivity contribution in [1.82, 2.24) is 0 Å². The highest BCUT2D eigenvalue weighted by Gasteiger charge is 2.25. The molecule has 1 amide bonds. The fourth-order valence-electron chi connectivity index (χ4n) is 2.88. The third-order valence-electron chi connectivity index (χ3n) is 4.08. The van der Waals surface area contributed by atoms with E-state index in [1.165, 1.54) is 0 Å². The minimum Gasteiger partial charge on any atom is -0.368 e. The predicted molar refractivity (Wildman–Crippen MR) is 112 cm³/mol. The lowest BCUT2D eigenvalue weighted by Gasteiger charge is -2.18. The summed E-state index contributed by atoms with van der Waals surface area (Å²) in [5.74, 6) is -0.576. The van der Waals surface area contributed by atoms with E-state index < -0.39 is 19.5 Å². The summed E-state index contributed by atoms with van der Waals surface area (Å²) in [4.78, 5) is 11.4. The van der Waals surface area contributed by atoms with E-state index >= 15 is 0 Å². The Morgan fingerprint density at radius 3 is 2.14 bits per heavy atom. The normalized spacial score (nSPS) is 12.7. The van der Waals surface area contributed by atoms with Gasteiger partial charge in [0.15, 0.2) is 0 Å². The van der Waals surface area contributed by atoms with Crippen molar-refractivity contribution in [2.24, 2.45) is 11.5 Å². The molecular weight excluding hydrogens is 399 g/mol. The monoisotopic (exact) mass is 424 g/mol. The summed E-state index contributed by atoms with van der Waals surface area (Å²) in [6.07, 6.45) is 0.395. The summed E-state index contributed by atoms with van der Waals surface area (Å²) in [6.45, 7) is 4.11. The maximum atomic E-state index is 13.0. The molecule has 2 aromatic rings. The Bertz CT molecular complexity index is 848. The highest BCUT2D eigenvalue weighted by Crippen LogP contribution is 2.51. The molecule has 0 fully saturated rings. The largest absolute Gasteiger partial charge is 0.368 e. The Balaban J connectivity index is 2.45. The van der Waals surface area contributed by atoms with Gasteiger partial charge in [-0.3, -0.25) is 9.36 Å². The van der Waals surface area contributed by atoms with Gasteiger partial charge in [-0.1, -0.05) is 41.9 Å². The number of hydrogen-bond donors (Lipinski definition) is 2. The van der Waals surface area contributed by atoms with Gasteiger partial charge in [0.1, 0.15) is 0 Å². The topological polar surface area (TPSA) is 105 Å². The molecule has 0 bridgehead atoms. The molecule has 0 heterocycles. The van der Waals surface area contributed by atoms with Crippen molar-refractivity contribution in [1.29, 1.82) is 0 Å². The Hall–Kier alpha value is -1.69. The van der Waals surface area contributed by atoms with Crippen molar-refractivity contribution in [3.8, 4) is 11.1 Å². The first kappa shape index (κ1) is 22.6. The van der Waals surface area contributed by atoms with Crippen LogP contribution in [0.15, 0.2) is 42.5 Å². The molecular formula is C20H26ClN2O4P. The van der Waals surface area contributed by atoms with Crippen LogP contribution in [-0.4, -0.2) is 25.2 Å². The fourth-order valence-corrected chi connectivity index (χ4v) is 4.68. The minimum atomic E-state index is -3.28. The summed E-state index contributed by atoms with van der Waals surface area (Å²) in [6, 6.07) is 12.3. The summed E-state index contributed by atoms with van der Waals surface area (Å²) in [5.41, 5.74) is 14.5. The molecule has 0 aliphatic carbocycles. The zero-order chi connectivity index (χ0) is 20.7. The number of rotatable bonds is 10. The van der Waals surface area contributed by atoms with Crippen molar-refractivity contribution in [3.05, 3.63) is 58.6 Å². The van der Waals surface area contributed by atoms with E-state index in [4.69, 9.17) is 32.1 Å². The van der Waals surface area contributed by atoms with Crippen LogP contribution in [0.4, 0.5) is 0 Å². The summed E-state index contributed by atoms with van der Waals surface area (Å²) in [5, 5.41) is 0.632. The van der Waals surface area contributed by atoms with Crippen LogP contribution in [0.3, 0.4) is 0 Å². The van der Waals surface area contributed by atoms with Crippen LogP contribution in [0.1, 0.15) is 25.0 Å². The van der Waals surface area contributed by atoms with Crippen molar-refractivity contribution >= 4 is 25.1 Å². The third kappa shape index (κ3) is 6.43. The quantitative estimate of drug-likeness (QED) is 0.558. The van der Waals surface area contributed by atoms with Gasteiger partial charge in [-0.15, -0.1) is 0 Å². The maximum absolute atomic E-state index is 13.0. The van der Waals surface area contributed by atoms with Gasteiger partial charge in [-0.25, -0.2) is 0 Å². The summed E-state index contributed by atoms with van der Waals surface area (Å²) < 4.78 is 23.8. The van der Waals surface area contributed by atoms with Gasteiger partial charge in [0, 0.05) is 5.02 Å². The number of benzene rings is 2. The Morgan fingerprint density at radius 2 is 1.61 bits per heavy atom. The highest BCUT2D eigenvalue weighted by atomic mass is 35.5. The molecule has 4 N–H and O–H groups in total. The number of nitrogens with two attached hydrogens (primary N) is 2. The van der Waals surface area contributed by atoms with Gasteiger partial charge in [0.05, 0.1) is 25.4 Å². The number of amides is 1. The van der Waals surface area contributed by atoms with Crippen LogP contribution < -0.4 is 11.5 Å². The molecule has 152 valence electrons. The number of halogens is 1. The minimum absolute atomic E-state index is 0.120. The standard InChI is InChI=1S/C20H26ClN2O4P/c1-3-26-28(25,27-4-2)13-15-9-14(12-19(22)20(23)24)10-17(11-15)16-5-7-18(21)8-6-16/h5-11,19H,3-4,12-13,22H2,1-2H3,(H2,23,24). The molecule has 28 heavy (non-hydrogen) atoms. The Kier molecular flexibility index (Phi) is 8.23. The molecule has 0 radical (unpaired) electrons. The average molecular weight is 425 g/mol. The van der Waals surface area contributed by atoms with Crippen molar-refractivity contribution in [3.63, 3.8) is 0 Å². The van der Waals surface area contributed by atoms with Crippen LogP contribution in [0.5, 0.6) is 0 Å². The maximum Gasteiger partial charge on any atom is 0.335 e. The van der Waals surface area contributed by atoms with E-state index in [9.17, 15) is 9.36 Å². The zero-order valence-corrected chi connectivity index (χ0v) is 17.7. The van der Waals surface area contributed by atoms with E-state index in [-0.39, 0.29) is 25.8 Å². The second-order valence-electron chi connectivity index (χ2n) is 6.36. The van der Waals surface area contributed by atoms with Crippen LogP contribution in [0.2, 0.25) is 5.02 Å². The number of primary amides is 1. The van der Waals surface area contributed by atoms with Crippen molar-refractivity contribution < 1.29 is 18.4 Å². The molecule has 8 heteroatoms. The Labute approximate surface area is 170 Å². The first-order valence-corrected chi connectivity index (χ1v) is 11.2. The number of carbonyl (C=O) groups excluding carboxylic acids is 1. The van der Waals surface area contributed by atoms with Crippen LogP contribution in [0.25, 0.3) is 11.1 Å². The molecule has 1 unspecified atom stereocenters. The second-order valence-corrected chi connectivity index (χ2v) is 8.85. The van der Waals surface area contributed by atoms with Crippen LogP contribution in [0, 0.1) is 0 Å². The molecule has 6 nitrogen and oxygen atoms in total. The molecule has 0 aromatic heterocycles. The lowest BCUT2D eigenvalue weighted by Crippen LogP contribution is -2.38. The van der Waals surface area contributed by atoms with E-state index in [1.807, 2.05) is 30.3 Å². The lowest BCUT2D eigenvalue weighted by molar-refractivity contribution is -0.119. The van der Waals surface area contributed by atoms with Gasteiger partial charge in [0.25, 0.3) is 0 Å². The van der Waals surface area contributed by atoms with Crippen molar-refractivity contribution in [2.75, 3.05) is 13.2 Å². The SMILES string of the molecule is CCOP(=O)(Cc1cc(CC(N)C(N)=O)cc(-c2ccc(Cl)cc2)c1)OCC. The van der Waals surface area contributed by atoms with Crippen LogP contribution >= 0.6 is 19.2 Å². The molecule has 0 saturated heterocycles. The predicted octanol–water partition coefficient (Wildman–Crippen LogP) is 4.13. The van der Waals surface area contributed by atoms with E-state index in [0.717, 1.165) is 22.3 Å². The fraction of sp³-hybridized carbons (Fsp3) is 0.350. The zero-order valence-electron chi connectivity index (χ0n) is 16.1. The van der Waals surface area contributed by atoms with Gasteiger partial charge in [-0.2, -0.15) is 0 Å². The molecule has 2 aromatic carbocycles. The summed E-state index contributed by atoms with van der Waals surface area (Å²) >= 11 is 5.98. The Morgan fingerprint density at radius 1 is 1.04 bits per heavy atom. The summed E-state index contributed by atoms with van der Waals surface area (Å²) in [7, 11) is -3.28. The van der Waals surface area contributed by atoms with E-state index in [2.05, 4.69) is 0 Å². The first-order chi connectivity index (χ1) is 13.3. The third-order valence-corrected chi connectivity index (χ3v) is 6.39. The molecule has 0 aliphatic heterocycles. The first-order valence-electron chi connectivity index (χ1n) is 9.08. The average Bonchev–Trinajstić information content (AvgIpc) is 2.62. The highest BCUT2D eigenvalue weighted by molar-refractivity contribution is 7.53. The molecule has 1 atom stereocenters. The molecule has 0 saturated carbocycles. The van der Waals surface area contributed by atoms with Gasteiger partial charge in [-0.05, 0) is 54.7 Å². The van der Waals surface area contributed by atoms with Gasteiger partial charge in [0.2, 0.25) is 5.91 Å². The van der Waals surface area contributed by atoms with Gasteiger partial charge < -0.3 is 20.5 Å². The van der Waals surface area contributed by atoms with Crippen molar-refractivity contribution in [2.45, 2.75) is 32.5 Å². The molecule has 0 aliphatic rings. The smallest absolute Gasteiger partial charge is 0.335 e. The van der Waals surface area contributed by atoms with E-state index in [0.29, 0.717) is 5.02 Å². The number of carbonyl (C=O) groups is 1.